The van der Waals surface area contributed by atoms with E-state index < -0.39 is 33.7 Å². The van der Waals surface area contributed by atoms with Crippen LogP contribution < -0.4 is 61.8 Å². The summed E-state index contributed by atoms with van der Waals surface area (Å²) < 4.78 is 26.6. The zero-order valence-corrected chi connectivity index (χ0v) is 66.2. The van der Waals surface area contributed by atoms with Gasteiger partial charge in [-0.25, -0.2) is 24.0 Å². The molecule has 2 fully saturated rings. The molecule has 4 amide bonds. The summed E-state index contributed by atoms with van der Waals surface area (Å²) in [5, 5.41) is 33.3. The van der Waals surface area contributed by atoms with E-state index in [0.29, 0.717) is 23.5 Å². The van der Waals surface area contributed by atoms with E-state index >= 15 is 0 Å². The molecule has 0 heterocycles. The predicted octanol–water partition coefficient (Wildman–Crippen LogP) is 12.5. The molecule has 534 valence electrons. The van der Waals surface area contributed by atoms with Crippen LogP contribution in [-0.2, 0) is 85.8 Å². The molecule has 0 aliphatic heterocycles. The summed E-state index contributed by atoms with van der Waals surface area (Å²) in [7, 11) is 0. The third kappa shape index (κ3) is 34.1. The summed E-state index contributed by atoms with van der Waals surface area (Å²) in [4.78, 5) is 87.2. The summed E-state index contributed by atoms with van der Waals surface area (Å²) in [6.45, 7) is 28.6. The van der Waals surface area contributed by atoms with Gasteiger partial charge in [0.1, 0.15) is 36.7 Å². The molecule has 5 aromatic rings. The first-order chi connectivity index (χ1) is 45.5. The number of nitrogens with two attached hydrogens (primary N) is 1. The van der Waals surface area contributed by atoms with E-state index in [9.17, 15) is 34.1 Å². The fourth-order valence-corrected chi connectivity index (χ4v) is 10.4. The second-order valence-corrected chi connectivity index (χ2v) is 28.6. The number of nitrogens with zero attached hydrogens (tertiary/aromatic N) is 3. The monoisotopic (exact) mass is 1450 g/mol. The maximum atomic E-state index is 13.2. The van der Waals surface area contributed by atoms with Gasteiger partial charge in [-0.2, -0.15) is 0 Å². The van der Waals surface area contributed by atoms with Gasteiger partial charge < -0.3 is 70.6 Å². The Morgan fingerprint density at radius 2 is 0.869 bits per heavy atom. The van der Waals surface area contributed by atoms with Gasteiger partial charge in [-0.3, -0.25) is 14.9 Å². The standard InChI is InChI=1S/C32H46N4O6.C32H48N4O4.C8H7ClO2.CH2O3.Na.Zn/c1-22(31(2,3)4)35(30(38)41-21-23-11-9-8-10-12-23)20-24-13-18-27(28(19-24)36(39)40)33-25-14-16-26(17-15-25)34-29(37)42-32(5,6)7;1-22(31(2,3)4)36(30(38)39-21-23-11-9-8-10-12-23)20-24-13-18-28(27(33)19-24)34-25-14-16-26(17-15-25)35-29(37)40-32(5,6)7;9-8(10)11-6-7-4-2-1-3-5-7;2-1-4-3;;/h8-13,18-19,22,25-26,33H,14-17,20-21H2,1-7H3,(H,34,37);8-13,18-19,22,25-26,34H,14-17,20-21,33H2,1-7H3,(H,35,37);1-5H,6H2;1,3H;;/q;;;;+1;/p-1/t2*22-,25?,26?;;;;/m00..../s1. The molecule has 5 aromatic carbocycles. The predicted molar refractivity (Wildman–Crippen MR) is 374 cm³/mol. The van der Waals surface area contributed by atoms with E-state index in [1.54, 1.807) is 15.9 Å². The molecule has 23 nitrogen and oxygen atoms in total. The molecule has 0 radical (unpaired) electrons. The van der Waals surface area contributed by atoms with Crippen LogP contribution in [0.5, 0.6) is 0 Å². The first-order valence-electron chi connectivity index (χ1n) is 32.7. The molecule has 6 N–H and O–H groups in total. The van der Waals surface area contributed by atoms with Gasteiger partial charge >= 0.3 is 59.4 Å². The smallest absolute Gasteiger partial charge is 0.662 e. The largest absolute Gasteiger partial charge is 1.00 e. The Morgan fingerprint density at radius 1 is 0.545 bits per heavy atom. The maximum absolute atomic E-state index is 13.2. The van der Waals surface area contributed by atoms with Crippen LogP contribution in [0, 0.1) is 20.9 Å². The van der Waals surface area contributed by atoms with Crippen LogP contribution in [0.4, 0.5) is 46.7 Å². The number of benzene rings is 5. The van der Waals surface area contributed by atoms with Gasteiger partial charge in [0.05, 0.1) is 16.3 Å². The first-order valence-corrected chi connectivity index (χ1v) is 33.1. The van der Waals surface area contributed by atoms with E-state index in [1.807, 2.05) is 184 Å². The molecule has 2 saturated carbocycles. The fourth-order valence-electron chi connectivity index (χ4n) is 10.3. The number of carbonyl (C=O) groups excluding carboxylic acids is 6. The Kier molecular flexibility index (Phi) is 38.0. The number of alkyl carbamates (subject to hydrolysis) is 2. The second kappa shape index (κ2) is 42.8. The van der Waals surface area contributed by atoms with Crippen molar-refractivity contribution < 1.29 is 117 Å². The first kappa shape index (κ1) is 87.9. The van der Waals surface area contributed by atoms with E-state index in [0.717, 1.165) is 79.3 Å². The van der Waals surface area contributed by atoms with Crippen molar-refractivity contribution in [2.75, 3.05) is 16.4 Å². The number of amides is 4. The normalized spacial score (nSPS) is 16.3. The molecule has 2 aliphatic carbocycles. The topological polar surface area (TPSA) is 305 Å². The van der Waals surface area contributed by atoms with E-state index in [-0.39, 0.29) is 147 Å². The SMILES string of the molecule is C[C@H](N(Cc1ccc(NC2CCC(NC(=O)OC(C)(C)C)CC2)c(N)c1)C(=O)OCc1ccccc1)C(C)(C)C.C[C@H](N(Cc1ccc(NC2CCC(NC(=O)OC(C)(C)C)CC2)c([N+](=O)[O-])c1)C(=O)OCc1ccccc1)C(C)(C)C.O=C(Cl)OCc1ccccc1.O=CO[O-].[Na+].[Zn]. The van der Waals surface area contributed by atoms with Crippen LogP contribution in [0.2, 0.25) is 0 Å². The van der Waals surface area contributed by atoms with Crippen molar-refractivity contribution in [2.24, 2.45) is 10.8 Å². The molecule has 26 heteroatoms. The average Bonchev–Trinajstić information content (AvgIpc) is 0.827. The summed E-state index contributed by atoms with van der Waals surface area (Å²) in [6.07, 6.45) is 4.99. The number of ether oxygens (including phenoxy) is 5. The van der Waals surface area contributed by atoms with Crippen molar-refractivity contribution in [3.63, 3.8) is 0 Å². The van der Waals surface area contributed by atoms with Gasteiger partial charge in [0.25, 0.3) is 12.2 Å². The number of hydrogen-bond acceptors (Lipinski definition) is 18. The zero-order chi connectivity index (χ0) is 72.1. The van der Waals surface area contributed by atoms with Crippen molar-refractivity contribution >= 4 is 70.6 Å². The number of nitro benzene ring substituents is 1. The molecule has 0 bridgehead atoms. The Morgan fingerprint density at radius 3 is 1.18 bits per heavy atom. The fraction of sp³-hybridized carbons (Fsp3) is 0.507. The van der Waals surface area contributed by atoms with Crippen LogP contribution >= 0.6 is 11.6 Å². The molecule has 0 unspecified atom stereocenters. The molecule has 0 spiro atoms. The van der Waals surface area contributed by atoms with Gasteiger partial charge in [-0.15, -0.1) is 0 Å². The van der Waals surface area contributed by atoms with Crippen molar-refractivity contribution in [3.8, 4) is 0 Å². The molecule has 7 rings (SSSR count). The number of nitrogens with one attached hydrogen (secondary N) is 4. The Balaban J connectivity index is 0.000000547. The molecule has 99 heavy (non-hydrogen) atoms. The number of nitro groups is 1. The van der Waals surface area contributed by atoms with Crippen LogP contribution in [0.25, 0.3) is 0 Å². The van der Waals surface area contributed by atoms with E-state index in [4.69, 9.17) is 46.3 Å². The quantitative estimate of drug-likeness (QED) is 0.00707. The van der Waals surface area contributed by atoms with Crippen LogP contribution in [0.3, 0.4) is 0 Å². The van der Waals surface area contributed by atoms with Crippen molar-refractivity contribution in [1.82, 2.24) is 20.4 Å². The third-order valence-electron chi connectivity index (χ3n) is 16.3. The molecule has 0 aromatic heterocycles. The molecule has 2 aliphatic rings. The summed E-state index contributed by atoms with van der Waals surface area (Å²) in [5.74, 6) is 0. The third-order valence-corrected chi connectivity index (χ3v) is 16.4. The second-order valence-electron chi connectivity index (χ2n) is 28.3. The van der Waals surface area contributed by atoms with E-state index in [2.05, 4.69) is 58.6 Å². The van der Waals surface area contributed by atoms with Gasteiger partial charge in [0.15, 0.2) is 0 Å². The Bertz CT molecular complexity index is 3270. The van der Waals surface area contributed by atoms with E-state index in [1.165, 1.54) is 6.07 Å². The minimum Gasteiger partial charge on any atom is -0.662 e. The number of hydrogen-bond donors (Lipinski definition) is 5. The van der Waals surface area contributed by atoms with Gasteiger partial charge in [0, 0.05) is 86.5 Å². The number of halogens is 1. The minimum atomic E-state index is -0.770. The zero-order valence-electron chi connectivity index (χ0n) is 60.5. The molecular formula is C73H102ClN8NaO15Zn. The molecule has 0 saturated heterocycles. The number of anilines is 3. The summed E-state index contributed by atoms with van der Waals surface area (Å²) >= 11 is 4.97. The Labute approximate surface area is 624 Å². The van der Waals surface area contributed by atoms with Crippen molar-refractivity contribution in [3.05, 3.63) is 165 Å². The summed E-state index contributed by atoms with van der Waals surface area (Å²) in [5.41, 5.74) is 10.6. The Hall–Kier alpha value is -7.21. The number of rotatable bonds is 20. The average molecular weight is 1460 g/mol. The summed E-state index contributed by atoms with van der Waals surface area (Å²) in [6, 6.07) is 39.7. The number of carbonyl (C=O) groups is 6. The molecule has 2 atom stereocenters. The van der Waals surface area contributed by atoms with Crippen molar-refractivity contribution in [2.45, 2.75) is 229 Å². The van der Waals surface area contributed by atoms with Crippen LogP contribution in [-0.4, -0.2) is 98.4 Å². The van der Waals surface area contributed by atoms with Crippen LogP contribution in [0.15, 0.2) is 127 Å². The van der Waals surface area contributed by atoms with Crippen molar-refractivity contribution in [1.29, 1.82) is 0 Å². The molecular weight excluding hydrogens is 1350 g/mol. The van der Waals surface area contributed by atoms with Gasteiger partial charge in [0.2, 0.25) is 0 Å². The van der Waals surface area contributed by atoms with Gasteiger partial charge in [-0.1, -0.05) is 145 Å². The van der Waals surface area contributed by atoms with Crippen LogP contribution in [0.1, 0.15) is 176 Å². The van der Waals surface area contributed by atoms with Gasteiger partial charge in [-0.05, 0) is 164 Å². The maximum Gasteiger partial charge on any atom is 1.00 e. The minimum absolute atomic E-state index is 0. The number of nitrogen functional groups attached to an aromatic ring is 1.